The van der Waals surface area contributed by atoms with E-state index in [0.29, 0.717) is 33.8 Å². The smallest absolute Gasteiger partial charge is 0.252 e. The number of ether oxygens (including phenoxy) is 3. The minimum Gasteiger partial charge on any atom is -0.493 e. The first-order valence-electron chi connectivity index (χ1n) is 5.48. The molecule has 19 heavy (non-hydrogen) atoms. The van der Waals surface area contributed by atoms with Gasteiger partial charge in [-0.15, -0.1) is 6.58 Å². The first-order valence-corrected chi connectivity index (χ1v) is 6.27. The third kappa shape index (κ3) is 3.20. The van der Waals surface area contributed by atoms with Crippen molar-refractivity contribution in [2.75, 3.05) is 27.9 Å². The largest absolute Gasteiger partial charge is 0.493 e. The summed E-state index contributed by atoms with van der Waals surface area (Å²) in [5, 5.41) is 2.69. The molecular weight excluding hydrogens is 314 g/mol. The molecule has 0 bridgehead atoms. The molecule has 0 atom stereocenters. The van der Waals surface area contributed by atoms with E-state index in [1.54, 1.807) is 12.1 Å². The number of benzene rings is 1. The van der Waals surface area contributed by atoms with Crippen LogP contribution < -0.4 is 19.5 Å². The van der Waals surface area contributed by atoms with Crippen molar-refractivity contribution in [3.63, 3.8) is 0 Å². The van der Waals surface area contributed by atoms with Crippen molar-refractivity contribution in [2.45, 2.75) is 0 Å². The predicted molar refractivity (Wildman–Crippen MR) is 76.3 cm³/mol. The van der Waals surface area contributed by atoms with Gasteiger partial charge in [0.25, 0.3) is 5.91 Å². The van der Waals surface area contributed by atoms with Crippen molar-refractivity contribution in [1.82, 2.24) is 5.32 Å². The lowest BCUT2D eigenvalue weighted by Crippen LogP contribution is -2.23. The lowest BCUT2D eigenvalue weighted by molar-refractivity contribution is 0.0956. The number of rotatable bonds is 6. The van der Waals surface area contributed by atoms with E-state index in [0.717, 1.165) is 0 Å². The summed E-state index contributed by atoms with van der Waals surface area (Å²) in [5.41, 5.74) is 0.399. The van der Waals surface area contributed by atoms with Crippen LogP contribution >= 0.6 is 15.9 Å². The first-order chi connectivity index (χ1) is 9.10. The Hall–Kier alpha value is -1.69. The predicted octanol–water partition coefficient (Wildman–Crippen LogP) is 2.39. The number of methoxy groups -OCH3 is 3. The molecule has 1 N–H and O–H groups in total. The molecule has 0 aliphatic heterocycles. The molecule has 0 aromatic heterocycles. The Kier molecular flexibility index (Phi) is 5.69. The van der Waals surface area contributed by atoms with Crippen molar-refractivity contribution < 1.29 is 19.0 Å². The maximum absolute atomic E-state index is 12.0. The Morgan fingerprint density at radius 3 is 2.42 bits per heavy atom. The molecule has 0 fully saturated rings. The fourth-order valence-corrected chi connectivity index (χ4v) is 2.18. The molecule has 1 aromatic rings. The molecule has 0 saturated heterocycles. The molecule has 0 aliphatic rings. The normalized spacial score (nSPS) is 9.68. The Morgan fingerprint density at radius 1 is 1.32 bits per heavy atom. The van der Waals surface area contributed by atoms with Crippen LogP contribution in [0.15, 0.2) is 23.2 Å². The number of carbonyl (C=O) groups is 1. The number of nitrogens with one attached hydrogen (secondary N) is 1. The summed E-state index contributed by atoms with van der Waals surface area (Å²) in [6, 6.07) is 1.59. The highest BCUT2D eigenvalue weighted by atomic mass is 79.9. The van der Waals surface area contributed by atoms with Gasteiger partial charge < -0.3 is 19.5 Å². The number of amides is 1. The van der Waals surface area contributed by atoms with Crippen molar-refractivity contribution in [3.8, 4) is 17.2 Å². The average molecular weight is 330 g/mol. The quantitative estimate of drug-likeness (QED) is 0.814. The van der Waals surface area contributed by atoms with Crippen LogP contribution in [0.3, 0.4) is 0 Å². The Bertz CT molecular complexity index is 488. The number of carbonyl (C=O) groups excluding carboxylic acids is 1. The molecule has 1 aromatic carbocycles. The van der Waals surface area contributed by atoms with E-state index in [9.17, 15) is 4.79 Å². The SMILES string of the molecule is C=CCNC(=O)c1cc(OC)c(OC)c(OC)c1Br. The van der Waals surface area contributed by atoms with Gasteiger partial charge in [-0.25, -0.2) is 0 Å². The van der Waals surface area contributed by atoms with Gasteiger partial charge in [0.05, 0.1) is 31.4 Å². The van der Waals surface area contributed by atoms with Gasteiger partial charge in [0.2, 0.25) is 5.75 Å². The number of halogens is 1. The molecule has 0 unspecified atom stereocenters. The molecule has 0 spiro atoms. The van der Waals surface area contributed by atoms with Gasteiger partial charge in [-0.2, -0.15) is 0 Å². The zero-order chi connectivity index (χ0) is 14.4. The van der Waals surface area contributed by atoms with Gasteiger partial charge in [0.15, 0.2) is 11.5 Å². The van der Waals surface area contributed by atoms with Crippen LogP contribution in [0.5, 0.6) is 17.2 Å². The minimum absolute atomic E-state index is 0.258. The summed E-state index contributed by atoms with van der Waals surface area (Å²) in [6.07, 6.45) is 1.60. The molecule has 0 aliphatic carbocycles. The molecule has 6 heteroatoms. The van der Waals surface area contributed by atoms with Crippen LogP contribution in [0.4, 0.5) is 0 Å². The highest BCUT2D eigenvalue weighted by Gasteiger charge is 2.22. The average Bonchev–Trinajstić information content (AvgIpc) is 2.43. The van der Waals surface area contributed by atoms with E-state index in [1.807, 2.05) is 0 Å². The number of hydrogen-bond acceptors (Lipinski definition) is 4. The second-order valence-electron chi connectivity index (χ2n) is 3.51. The topological polar surface area (TPSA) is 56.8 Å². The molecule has 1 rings (SSSR count). The van der Waals surface area contributed by atoms with E-state index < -0.39 is 0 Å². The molecule has 104 valence electrons. The van der Waals surface area contributed by atoms with Crippen LogP contribution in [-0.2, 0) is 0 Å². The Labute approximate surface area is 120 Å². The monoisotopic (exact) mass is 329 g/mol. The molecule has 0 saturated carbocycles. The van der Waals surface area contributed by atoms with Gasteiger partial charge in [-0.3, -0.25) is 4.79 Å². The summed E-state index contributed by atoms with van der Waals surface area (Å²) in [4.78, 5) is 12.0. The van der Waals surface area contributed by atoms with Crippen LogP contribution in [-0.4, -0.2) is 33.8 Å². The van der Waals surface area contributed by atoms with Crippen molar-refractivity contribution >= 4 is 21.8 Å². The van der Waals surface area contributed by atoms with E-state index >= 15 is 0 Å². The maximum atomic E-state index is 12.0. The van der Waals surface area contributed by atoms with Crippen molar-refractivity contribution in [2.24, 2.45) is 0 Å². The van der Waals surface area contributed by atoms with E-state index in [2.05, 4.69) is 27.8 Å². The van der Waals surface area contributed by atoms with Crippen LogP contribution in [0.25, 0.3) is 0 Å². The summed E-state index contributed by atoms with van der Waals surface area (Å²) < 4.78 is 16.2. The van der Waals surface area contributed by atoms with Crippen LogP contribution in [0.2, 0.25) is 0 Å². The number of hydrogen-bond donors (Lipinski definition) is 1. The summed E-state index contributed by atoms with van der Waals surface area (Å²) in [6.45, 7) is 3.92. The molecular formula is C13H16BrNO4. The summed E-state index contributed by atoms with van der Waals surface area (Å²) >= 11 is 3.34. The van der Waals surface area contributed by atoms with Gasteiger partial charge in [0.1, 0.15) is 0 Å². The zero-order valence-corrected chi connectivity index (χ0v) is 12.7. The first kappa shape index (κ1) is 15.4. The summed E-state index contributed by atoms with van der Waals surface area (Å²) in [5.74, 6) is 1.00. The third-order valence-corrected chi connectivity index (χ3v) is 3.21. The Morgan fingerprint density at radius 2 is 1.95 bits per heavy atom. The van der Waals surface area contributed by atoms with Gasteiger partial charge in [0, 0.05) is 6.54 Å². The molecule has 0 radical (unpaired) electrons. The highest BCUT2D eigenvalue weighted by molar-refractivity contribution is 9.10. The molecule has 1 amide bonds. The lowest BCUT2D eigenvalue weighted by atomic mass is 10.1. The summed E-state index contributed by atoms with van der Waals surface area (Å²) in [7, 11) is 4.49. The van der Waals surface area contributed by atoms with Crippen LogP contribution in [0.1, 0.15) is 10.4 Å². The third-order valence-electron chi connectivity index (χ3n) is 2.42. The second kappa shape index (κ2) is 7.04. The maximum Gasteiger partial charge on any atom is 0.252 e. The minimum atomic E-state index is -0.258. The van der Waals surface area contributed by atoms with E-state index in [1.165, 1.54) is 21.3 Å². The Balaban J connectivity index is 3.33. The van der Waals surface area contributed by atoms with Gasteiger partial charge in [-0.05, 0) is 22.0 Å². The lowest BCUT2D eigenvalue weighted by Gasteiger charge is -2.16. The second-order valence-corrected chi connectivity index (χ2v) is 4.30. The standard InChI is InChI=1S/C13H16BrNO4/c1-5-6-15-13(16)8-7-9(17-2)11(18-3)12(19-4)10(8)14/h5,7H,1,6H2,2-4H3,(H,15,16). The fourth-order valence-electron chi connectivity index (χ4n) is 1.55. The zero-order valence-electron chi connectivity index (χ0n) is 11.1. The van der Waals surface area contributed by atoms with Crippen LogP contribution in [0, 0.1) is 0 Å². The molecule has 5 nitrogen and oxygen atoms in total. The highest BCUT2D eigenvalue weighted by Crippen LogP contribution is 2.44. The fraction of sp³-hybridized carbons (Fsp3) is 0.308. The van der Waals surface area contributed by atoms with Crippen molar-refractivity contribution in [1.29, 1.82) is 0 Å². The van der Waals surface area contributed by atoms with E-state index in [4.69, 9.17) is 14.2 Å². The van der Waals surface area contributed by atoms with Gasteiger partial charge in [-0.1, -0.05) is 6.08 Å². The van der Waals surface area contributed by atoms with Gasteiger partial charge >= 0.3 is 0 Å². The van der Waals surface area contributed by atoms with E-state index in [-0.39, 0.29) is 5.91 Å². The van der Waals surface area contributed by atoms with Crippen molar-refractivity contribution in [3.05, 3.63) is 28.8 Å². The molecule has 0 heterocycles.